The van der Waals surface area contributed by atoms with E-state index in [9.17, 15) is 0 Å². The summed E-state index contributed by atoms with van der Waals surface area (Å²) < 4.78 is 0. The number of fused-ring (bicyclic) bond motifs is 1. The van der Waals surface area contributed by atoms with Crippen LogP contribution in [-0.2, 0) is 13.1 Å². The Morgan fingerprint density at radius 2 is 1.30 bits per heavy atom. The number of aromatic nitrogens is 1. The van der Waals surface area contributed by atoms with Crippen LogP contribution in [0.5, 0.6) is 0 Å². The molecule has 0 saturated carbocycles. The molecule has 4 rings (SSSR count). The van der Waals surface area contributed by atoms with Gasteiger partial charge in [0.15, 0.2) is 0 Å². The molecular formula is C20H18N3. The van der Waals surface area contributed by atoms with E-state index < -0.39 is 0 Å². The maximum Gasteiger partial charge on any atom is 0.143 e. The van der Waals surface area contributed by atoms with Gasteiger partial charge in [0.05, 0.1) is 23.6 Å². The summed E-state index contributed by atoms with van der Waals surface area (Å²) in [5.41, 5.74) is 4.85. The lowest BCUT2D eigenvalue weighted by atomic mass is 10.2. The molecule has 3 nitrogen and oxygen atoms in total. The van der Waals surface area contributed by atoms with Crippen LogP contribution in [-0.4, -0.2) is 4.98 Å². The lowest BCUT2D eigenvalue weighted by molar-refractivity contribution is 0.833. The Labute approximate surface area is 136 Å². The van der Waals surface area contributed by atoms with Crippen molar-refractivity contribution in [2.45, 2.75) is 13.1 Å². The Morgan fingerprint density at radius 1 is 0.652 bits per heavy atom. The van der Waals surface area contributed by atoms with E-state index in [4.69, 9.17) is 0 Å². The molecule has 0 aliphatic carbocycles. The molecule has 0 atom stereocenters. The molecule has 0 N–H and O–H groups in total. The summed E-state index contributed by atoms with van der Waals surface area (Å²) in [5.74, 6) is 0. The molecule has 3 aromatic rings. The molecule has 0 fully saturated rings. The first-order valence-electron chi connectivity index (χ1n) is 7.81. The van der Waals surface area contributed by atoms with Crippen LogP contribution in [0.3, 0.4) is 0 Å². The van der Waals surface area contributed by atoms with Crippen molar-refractivity contribution >= 4 is 11.4 Å². The van der Waals surface area contributed by atoms with Crippen molar-refractivity contribution < 1.29 is 0 Å². The Kier molecular flexibility index (Phi) is 3.68. The fourth-order valence-electron chi connectivity index (χ4n) is 2.94. The van der Waals surface area contributed by atoms with Crippen LogP contribution in [0.1, 0.15) is 11.3 Å². The minimum atomic E-state index is 0.781. The fraction of sp³-hybridized carbons (Fsp3) is 0.100. The van der Waals surface area contributed by atoms with Crippen molar-refractivity contribution in [1.29, 1.82) is 0 Å². The van der Waals surface area contributed by atoms with Crippen molar-refractivity contribution in [3.05, 3.63) is 96.9 Å². The van der Waals surface area contributed by atoms with Gasteiger partial charge in [-0.3, -0.25) is 4.98 Å². The topological polar surface area (TPSA) is 19.4 Å². The van der Waals surface area contributed by atoms with E-state index in [0.717, 1.165) is 18.8 Å². The van der Waals surface area contributed by atoms with Gasteiger partial charge in [0, 0.05) is 12.7 Å². The second kappa shape index (κ2) is 6.13. The number of anilines is 2. The van der Waals surface area contributed by atoms with Gasteiger partial charge < -0.3 is 9.80 Å². The van der Waals surface area contributed by atoms with Gasteiger partial charge in [-0.2, -0.15) is 0 Å². The number of hydrogen-bond donors (Lipinski definition) is 0. The van der Waals surface area contributed by atoms with E-state index in [1.807, 2.05) is 18.3 Å². The first-order valence-corrected chi connectivity index (χ1v) is 7.81. The van der Waals surface area contributed by atoms with Crippen LogP contribution < -0.4 is 9.80 Å². The van der Waals surface area contributed by atoms with E-state index in [0.29, 0.717) is 0 Å². The van der Waals surface area contributed by atoms with Gasteiger partial charge in [-0.15, -0.1) is 0 Å². The van der Waals surface area contributed by atoms with Crippen molar-refractivity contribution in [2.75, 3.05) is 9.80 Å². The van der Waals surface area contributed by atoms with Crippen molar-refractivity contribution in [3.8, 4) is 0 Å². The molecular weight excluding hydrogens is 282 g/mol. The van der Waals surface area contributed by atoms with E-state index in [-0.39, 0.29) is 0 Å². The van der Waals surface area contributed by atoms with E-state index in [1.165, 1.54) is 16.9 Å². The third kappa shape index (κ3) is 2.90. The number of hydrogen-bond acceptors (Lipinski definition) is 3. The largest absolute Gasteiger partial charge is 0.342 e. The minimum Gasteiger partial charge on any atom is -0.342 e. The van der Waals surface area contributed by atoms with Gasteiger partial charge in [0.2, 0.25) is 0 Å². The van der Waals surface area contributed by atoms with E-state index in [1.54, 1.807) is 0 Å². The molecule has 1 radical (unpaired) electrons. The zero-order valence-electron chi connectivity index (χ0n) is 12.8. The molecule has 0 unspecified atom stereocenters. The predicted molar refractivity (Wildman–Crippen MR) is 93.8 cm³/mol. The average Bonchev–Trinajstić information content (AvgIpc) is 2.95. The molecule has 113 valence electrons. The molecule has 0 spiro atoms. The molecule has 2 aromatic carbocycles. The quantitative estimate of drug-likeness (QED) is 0.719. The van der Waals surface area contributed by atoms with Crippen LogP contribution in [0, 0.1) is 6.67 Å². The van der Waals surface area contributed by atoms with Gasteiger partial charge in [-0.1, -0.05) is 48.5 Å². The van der Waals surface area contributed by atoms with Gasteiger partial charge in [-0.25, -0.2) is 0 Å². The van der Waals surface area contributed by atoms with Crippen molar-refractivity contribution in [3.63, 3.8) is 0 Å². The summed E-state index contributed by atoms with van der Waals surface area (Å²) in [5, 5.41) is 0. The van der Waals surface area contributed by atoms with Crippen LogP contribution in [0.25, 0.3) is 0 Å². The Morgan fingerprint density at radius 3 is 2.00 bits per heavy atom. The van der Waals surface area contributed by atoms with Gasteiger partial charge in [0.25, 0.3) is 0 Å². The van der Waals surface area contributed by atoms with Crippen LogP contribution in [0.15, 0.2) is 79.0 Å². The highest BCUT2D eigenvalue weighted by Crippen LogP contribution is 2.39. The molecule has 0 saturated heterocycles. The second-order valence-electron chi connectivity index (χ2n) is 5.67. The molecule has 1 aliphatic rings. The monoisotopic (exact) mass is 300 g/mol. The SMILES string of the molecule is [CH]1N(Cc2ccccc2)c2ccccc2N1Cc1ccccn1. The van der Waals surface area contributed by atoms with Crippen LogP contribution >= 0.6 is 0 Å². The lowest BCUT2D eigenvalue weighted by Gasteiger charge is -2.20. The van der Waals surface area contributed by atoms with Gasteiger partial charge in [-0.05, 0) is 29.8 Å². The second-order valence-corrected chi connectivity index (χ2v) is 5.67. The molecule has 0 bridgehead atoms. The Hall–Kier alpha value is -2.81. The summed E-state index contributed by atoms with van der Waals surface area (Å²) in [6.07, 6.45) is 1.85. The number of nitrogens with zero attached hydrogens (tertiary/aromatic N) is 3. The number of pyridine rings is 1. The zero-order valence-corrected chi connectivity index (χ0v) is 12.8. The molecule has 23 heavy (non-hydrogen) atoms. The number of rotatable bonds is 4. The highest BCUT2D eigenvalue weighted by atomic mass is 15.4. The number of benzene rings is 2. The highest BCUT2D eigenvalue weighted by Gasteiger charge is 2.26. The van der Waals surface area contributed by atoms with E-state index >= 15 is 0 Å². The smallest absolute Gasteiger partial charge is 0.143 e. The fourth-order valence-corrected chi connectivity index (χ4v) is 2.94. The summed E-state index contributed by atoms with van der Waals surface area (Å²) in [7, 11) is 0. The van der Waals surface area contributed by atoms with Crippen LogP contribution in [0.4, 0.5) is 11.4 Å². The first kappa shape index (κ1) is 13.8. The molecule has 3 heteroatoms. The summed E-state index contributed by atoms with van der Waals surface area (Å²) in [6.45, 7) is 3.84. The normalized spacial score (nSPS) is 13.2. The van der Waals surface area contributed by atoms with Gasteiger partial charge in [0.1, 0.15) is 6.67 Å². The number of para-hydroxylation sites is 2. The molecule has 2 heterocycles. The average molecular weight is 300 g/mol. The van der Waals surface area contributed by atoms with E-state index in [2.05, 4.69) is 82.1 Å². The first-order chi connectivity index (χ1) is 11.4. The molecule has 1 aromatic heterocycles. The third-order valence-electron chi connectivity index (χ3n) is 4.03. The molecule has 1 aliphatic heterocycles. The zero-order chi connectivity index (χ0) is 15.5. The maximum atomic E-state index is 4.44. The Balaban J connectivity index is 1.59. The predicted octanol–water partition coefficient (Wildman–Crippen LogP) is 4.23. The summed E-state index contributed by atoms with van der Waals surface area (Å²) >= 11 is 0. The standard InChI is InChI=1S/C20H18N3/c1-2-8-17(9-3-1)14-22-16-23(15-18-10-6-7-13-21-18)20-12-5-4-11-19(20)22/h1-13,16H,14-15H2. The van der Waals surface area contributed by atoms with Crippen molar-refractivity contribution in [2.24, 2.45) is 0 Å². The minimum absolute atomic E-state index is 0.781. The highest BCUT2D eigenvalue weighted by molar-refractivity contribution is 5.78. The Bertz CT molecular complexity index is 705. The van der Waals surface area contributed by atoms with Crippen molar-refractivity contribution in [1.82, 2.24) is 4.98 Å². The summed E-state index contributed by atoms with van der Waals surface area (Å²) in [6, 6.07) is 25.1. The van der Waals surface area contributed by atoms with Gasteiger partial charge >= 0.3 is 0 Å². The maximum absolute atomic E-state index is 4.44. The van der Waals surface area contributed by atoms with Crippen LogP contribution in [0.2, 0.25) is 0 Å². The molecule has 0 amide bonds. The summed E-state index contributed by atoms with van der Waals surface area (Å²) in [4.78, 5) is 9.01. The lowest BCUT2D eigenvalue weighted by Crippen LogP contribution is -2.24. The third-order valence-corrected chi connectivity index (χ3v) is 4.03.